The number of nitro groups is 1. The molecule has 0 saturated heterocycles. The van der Waals surface area contributed by atoms with Crippen LogP contribution < -0.4 is 10.2 Å². The van der Waals surface area contributed by atoms with Crippen molar-refractivity contribution >= 4 is 17.8 Å². The van der Waals surface area contributed by atoms with Crippen molar-refractivity contribution < 1.29 is 14.5 Å². The van der Waals surface area contributed by atoms with Gasteiger partial charge in [0, 0.05) is 23.9 Å². The average molecular weight is 455 g/mol. The summed E-state index contributed by atoms with van der Waals surface area (Å²) in [5.74, 6) is 0.193. The number of carbonyl (C=O) groups excluding carboxylic acids is 1. The number of hydrogen-bond acceptors (Lipinski definition) is 6. The lowest BCUT2D eigenvalue weighted by Gasteiger charge is -2.08. The van der Waals surface area contributed by atoms with E-state index in [2.05, 4.69) is 15.6 Å². The fraction of sp³-hybridized carbons (Fsp3) is 0.0800. The number of non-ortho nitro benzene ring substituents is 1. The van der Waals surface area contributed by atoms with Gasteiger partial charge < -0.3 is 4.74 Å². The number of hydrogen-bond donors (Lipinski definition) is 1. The van der Waals surface area contributed by atoms with Crippen LogP contribution in [0.3, 0.4) is 0 Å². The summed E-state index contributed by atoms with van der Waals surface area (Å²) in [5.41, 5.74) is 5.29. The van der Waals surface area contributed by atoms with Crippen LogP contribution in [0.1, 0.15) is 27.2 Å². The first-order valence-corrected chi connectivity index (χ1v) is 10.4. The first-order valence-electron chi connectivity index (χ1n) is 10.4. The molecule has 1 aromatic heterocycles. The number of nitrogens with zero attached hydrogens (tertiary/aromatic N) is 4. The van der Waals surface area contributed by atoms with Gasteiger partial charge in [0.2, 0.25) is 0 Å². The lowest BCUT2D eigenvalue weighted by atomic mass is 10.2. The molecule has 34 heavy (non-hydrogen) atoms. The Morgan fingerprint density at radius 2 is 1.74 bits per heavy atom. The van der Waals surface area contributed by atoms with E-state index in [4.69, 9.17) is 4.74 Å². The Labute approximate surface area is 195 Å². The van der Waals surface area contributed by atoms with E-state index in [0.717, 1.165) is 16.7 Å². The van der Waals surface area contributed by atoms with Gasteiger partial charge in [0.25, 0.3) is 11.6 Å². The van der Waals surface area contributed by atoms with Crippen molar-refractivity contribution in [1.29, 1.82) is 0 Å². The topological polar surface area (TPSA) is 112 Å². The van der Waals surface area contributed by atoms with Crippen LogP contribution in [0.4, 0.5) is 5.69 Å². The first-order chi connectivity index (χ1) is 16.6. The van der Waals surface area contributed by atoms with E-state index in [1.807, 2.05) is 54.6 Å². The van der Waals surface area contributed by atoms with Crippen LogP contribution in [0.25, 0.3) is 0 Å². The van der Waals surface area contributed by atoms with Crippen molar-refractivity contribution in [2.45, 2.75) is 13.2 Å². The quantitative estimate of drug-likeness (QED) is 0.231. The van der Waals surface area contributed by atoms with Gasteiger partial charge in [-0.15, -0.1) is 0 Å². The van der Waals surface area contributed by atoms with E-state index in [1.165, 1.54) is 18.3 Å². The molecule has 0 aliphatic rings. The summed E-state index contributed by atoms with van der Waals surface area (Å²) in [7, 11) is 0. The molecular formula is C25H21N5O4. The van der Waals surface area contributed by atoms with Gasteiger partial charge in [0.15, 0.2) is 5.69 Å². The van der Waals surface area contributed by atoms with Crippen molar-refractivity contribution in [3.8, 4) is 5.75 Å². The summed E-state index contributed by atoms with van der Waals surface area (Å²) >= 11 is 0. The van der Waals surface area contributed by atoms with Crippen LogP contribution in [-0.4, -0.2) is 26.8 Å². The number of aromatic nitrogens is 2. The van der Waals surface area contributed by atoms with Gasteiger partial charge in [0.1, 0.15) is 12.4 Å². The molecule has 1 N–H and O–H groups in total. The van der Waals surface area contributed by atoms with Gasteiger partial charge >= 0.3 is 0 Å². The van der Waals surface area contributed by atoms with E-state index >= 15 is 0 Å². The van der Waals surface area contributed by atoms with E-state index in [-0.39, 0.29) is 11.4 Å². The average Bonchev–Trinajstić information content (AvgIpc) is 3.33. The molecule has 0 aliphatic carbocycles. The van der Waals surface area contributed by atoms with E-state index < -0.39 is 10.8 Å². The maximum absolute atomic E-state index is 12.4. The zero-order chi connectivity index (χ0) is 23.8. The number of benzene rings is 3. The minimum absolute atomic E-state index is 0.0224. The highest BCUT2D eigenvalue weighted by Crippen LogP contribution is 2.17. The van der Waals surface area contributed by atoms with Gasteiger partial charge in [0.05, 0.1) is 17.7 Å². The molecule has 9 heteroatoms. The highest BCUT2D eigenvalue weighted by atomic mass is 16.6. The molecule has 1 heterocycles. The maximum atomic E-state index is 12.4. The zero-order valence-corrected chi connectivity index (χ0v) is 18.1. The van der Waals surface area contributed by atoms with Crippen molar-refractivity contribution in [2.75, 3.05) is 0 Å². The molecule has 0 fully saturated rings. The molecule has 0 spiro atoms. The molecule has 4 aromatic rings. The zero-order valence-electron chi connectivity index (χ0n) is 18.1. The third-order valence-electron chi connectivity index (χ3n) is 4.89. The molecule has 0 unspecified atom stereocenters. The number of carbonyl (C=O) groups is 1. The van der Waals surface area contributed by atoms with Gasteiger partial charge in [-0.1, -0.05) is 54.6 Å². The lowest BCUT2D eigenvalue weighted by Crippen LogP contribution is -2.18. The Morgan fingerprint density at radius 1 is 1.00 bits per heavy atom. The molecule has 1 amide bonds. The molecule has 170 valence electrons. The minimum Gasteiger partial charge on any atom is -0.488 e. The second-order valence-electron chi connectivity index (χ2n) is 7.33. The highest BCUT2D eigenvalue weighted by Gasteiger charge is 2.10. The van der Waals surface area contributed by atoms with Crippen molar-refractivity contribution in [3.63, 3.8) is 0 Å². The summed E-state index contributed by atoms with van der Waals surface area (Å²) in [5, 5.41) is 19.0. The normalized spacial score (nSPS) is 10.8. The lowest BCUT2D eigenvalue weighted by molar-refractivity contribution is -0.384. The molecule has 0 radical (unpaired) electrons. The number of amides is 1. The number of ether oxygens (including phenoxy) is 1. The molecule has 0 bridgehead atoms. The summed E-state index contributed by atoms with van der Waals surface area (Å²) < 4.78 is 7.46. The Kier molecular flexibility index (Phi) is 7.04. The number of nitro benzene ring substituents is 1. The van der Waals surface area contributed by atoms with E-state index in [0.29, 0.717) is 18.9 Å². The van der Waals surface area contributed by atoms with E-state index in [1.54, 1.807) is 29.1 Å². The second-order valence-corrected chi connectivity index (χ2v) is 7.33. The molecule has 0 aliphatic heterocycles. The molecule has 9 nitrogen and oxygen atoms in total. The van der Waals surface area contributed by atoms with Gasteiger partial charge in [-0.05, 0) is 29.3 Å². The Hall–Kier alpha value is -4.79. The molecular weight excluding hydrogens is 434 g/mol. The summed E-state index contributed by atoms with van der Waals surface area (Å²) in [6.07, 6.45) is 3.18. The van der Waals surface area contributed by atoms with Crippen LogP contribution in [0.15, 0.2) is 96.2 Å². The summed E-state index contributed by atoms with van der Waals surface area (Å²) in [4.78, 5) is 22.7. The van der Waals surface area contributed by atoms with Crippen LogP contribution in [0.5, 0.6) is 5.75 Å². The smallest absolute Gasteiger partial charge is 0.291 e. The van der Waals surface area contributed by atoms with Gasteiger partial charge in [-0.3, -0.25) is 19.6 Å². The Balaban J connectivity index is 1.34. The molecule has 3 aromatic carbocycles. The highest BCUT2D eigenvalue weighted by molar-refractivity contribution is 5.93. The minimum atomic E-state index is -0.457. The predicted molar refractivity (Wildman–Crippen MR) is 127 cm³/mol. The number of hydrazone groups is 1. The standard InChI is InChI=1S/C25H21N5O4/c31-25(23-14-15-29(28-23)17-19-10-12-22(13-11-19)30(32)33)27-26-16-21-8-4-5-9-24(21)34-18-20-6-2-1-3-7-20/h1-16H,17-18H2,(H,27,31)/b26-16-. The van der Waals surface area contributed by atoms with Crippen molar-refractivity contribution in [3.05, 3.63) is 124 Å². The molecule has 0 atom stereocenters. The van der Waals surface area contributed by atoms with Crippen LogP contribution in [0, 0.1) is 10.1 Å². The number of rotatable bonds is 9. The summed E-state index contributed by atoms with van der Waals surface area (Å²) in [6.45, 7) is 0.797. The van der Waals surface area contributed by atoms with Crippen molar-refractivity contribution in [1.82, 2.24) is 15.2 Å². The van der Waals surface area contributed by atoms with Crippen molar-refractivity contribution in [2.24, 2.45) is 5.10 Å². The monoisotopic (exact) mass is 455 g/mol. The fourth-order valence-electron chi connectivity index (χ4n) is 3.15. The van der Waals surface area contributed by atoms with Gasteiger partial charge in [-0.25, -0.2) is 5.43 Å². The van der Waals surface area contributed by atoms with Crippen LogP contribution in [0.2, 0.25) is 0 Å². The second kappa shape index (κ2) is 10.7. The number of para-hydroxylation sites is 1. The Bertz CT molecular complexity index is 1300. The van der Waals surface area contributed by atoms with Crippen LogP contribution in [-0.2, 0) is 13.2 Å². The largest absolute Gasteiger partial charge is 0.488 e. The van der Waals surface area contributed by atoms with E-state index in [9.17, 15) is 14.9 Å². The SMILES string of the molecule is O=C(N/N=C\c1ccccc1OCc1ccccc1)c1ccn(Cc2ccc([N+](=O)[O-])cc2)n1. The third kappa shape index (κ3) is 5.92. The Morgan fingerprint density at radius 3 is 2.50 bits per heavy atom. The van der Waals surface area contributed by atoms with Crippen LogP contribution >= 0.6 is 0 Å². The third-order valence-corrected chi connectivity index (χ3v) is 4.89. The molecule has 0 saturated carbocycles. The number of nitrogens with one attached hydrogen (secondary N) is 1. The first kappa shape index (κ1) is 22.4. The van der Waals surface area contributed by atoms with Gasteiger partial charge in [-0.2, -0.15) is 10.2 Å². The fourth-order valence-corrected chi connectivity index (χ4v) is 3.15. The predicted octanol–water partition coefficient (Wildman–Crippen LogP) is 4.18. The maximum Gasteiger partial charge on any atom is 0.291 e. The summed E-state index contributed by atoms with van der Waals surface area (Å²) in [6, 6.07) is 25.0. The molecule has 4 rings (SSSR count).